The van der Waals surface area contributed by atoms with Gasteiger partial charge < -0.3 is 4.52 Å². The zero-order valence-electron chi connectivity index (χ0n) is 16.5. The van der Waals surface area contributed by atoms with Gasteiger partial charge in [0.25, 0.3) is 11.4 Å². The zero-order chi connectivity index (χ0) is 23.2. The summed E-state index contributed by atoms with van der Waals surface area (Å²) in [5.41, 5.74) is -0.379. The predicted molar refractivity (Wildman–Crippen MR) is 116 cm³/mol. The molecule has 0 aliphatic heterocycles. The smallest absolute Gasteiger partial charge is 0.332 e. The number of hydrogen-bond donors (Lipinski definition) is 0. The maximum atomic E-state index is 13.1. The van der Waals surface area contributed by atoms with Crippen molar-refractivity contribution in [1.82, 2.24) is 19.9 Å². The molecule has 0 bridgehead atoms. The Morgan fingerprint density at radius 2 is 1.64 bits per heavy atom. The lowest BCUT2D eigenvalue weighted by Gasteiger charge is -2.09. The number of benzene rings is 3. The van der Waals surface area contributed by atoms with Gasteiger partial charge in [-0.1, -0.05) is 47.1 Å². The van der Waals surface area contributed by atoms with E-state index < -0.39 is 11.7 Å². The molecule has 0 aliphatic carbocycles. The van der Waals surface area contributed by atoms with Crippen LogP contribution in [0.4, 0.5) is 13.2 Å². The van der Waals surface area contributed by atoms with E-state index in [4.69, 9.17) is 16.1 Å². The van der Waals surface area contributed by atoms with Gasteiger partial charge in [-0.3, -0.25) is 4.79 Å². The Bertz CT molecular complexity index is 1540. The van der Waals surface area contributed by atoms with Gasteiger partial charge in [-0.2, -0.15) is 27.9 Å². The fourth-order valence-electron chi connectivity index (χ4n) is 3.38. The van der Waals surface area contributed by atoms with Crippen LogP contribution in [-0.4, -0.2) is 19.9 Å². The van der Waals surface area contributed by atoms with Crippen LogP contribution >= 0.6 is 11.6 Å². The molecule has 0 saturated heterocycles. The molecular weight excluding hydrogens is 457 g/mol. The van der Waals surface area contributed by atoms with Gasteiger partial charge in [0.1, 0.15) is 0 Å². The summed E-state index contributed by atoms with van der Waals surface area (Å²) < 4.78 is 45.8. The molecule has 0 radical (unpaired) electrons. The fraction of sp³-hybridized carbons (Fsp3) is 0.0435. The van der Waals surface area contributed by atoms with Gasteiger partial charge in [0.05, 0.1) is 16.6 Å². The second-order valence-electron chi connectivity index (χ2n) is 7.09. The topological polar surface area (TPSA) is 73.8 Å². The average molecular weight is 469 g/mol. The van der Waals surface area contributed by atoms with Gasteiger partial charge in [0.15, 0.2) is 5.69 Å². The van der Waals surface area contributed by atoms with Crippen molar-refractivity contribution in [2.75, 3.05) is 0 Å². The number of fused-ring (bicyclic) bond motifs is 1. The third-order valence-corrected chi connectivity index (χ3v) is 5.20. The van der Waals surface area contributed by atoms with Crippen LogP contribution in [0.15, 0.2) is 82.1 Å². The van der Waals surface area contributed by atoms with Crippen molar-refractivity contribution < 1.29 is 17.7 Å². The first-order valence-corrected chi connectivity index (χ1v) is 9.99. The summed E-state index contributed by atoms with van der Waals surface area (Å²) in [5, 5.41) is 9.57. The first-order chi connectivity index (χ1) is 15.8. The van der Waals surface area contributed by atoms with Crippen molar-refractivity contribution in [2.24, 2.45) is 0 Å². The van der Waals surface area contributed by atoms with Crippen molar-refractivity contribution in [3.63, 3.8) is 0 Å². The molecule has 5 aromatic rings. The highest BCUT2D eigenvalue weighted by molar-refractivity contribution is 6.30. The molecule has 10 heteroatoms. The minimum atomic E-state index is -4.51. The largest absolute Gasteiger partial charge is 0.416 e. The van der Waals surface area contributed by atoms with E-state index in [1.165, 1.54) is 16.8 Å². The Hall–Kier alpha value is -3.98. The van der Waals surface area contributed by atoms with Crippen LogP contribution in [0.1, 0.15) is 5.56 Å². The normalized spacial score (nSPS) is 11.8. The minimum absolute atomic E-state index is 0.0359. The van der Waals surface area contributed by atoms with Gasteiger partial charge in [0, 0.05) is 16.0 Å². The molecule has 0 unspecified atom stereocenters. The standard InChI is InChI=1S/C23H12ClF3N4O2/c24-15-8-10-16(11-9-15)31-22(32)18-7-2-1-6-17(18)19(29-31)21-28-20(30-33-21)13-4-3-5-14(12-13)23(25,26)27/h1-12H. The molecular formula is C23H12ClF3N4O2. The van der Waals surface area contributed by atoms with Crippen molar-refractivity contribution in [3.8, 4) is 28.7 Å². The van der Waals surface area contributed by atoms with Crippen LogP contribution in [-0.2, 0) is 6.18 Å². The van der Waals surface area contributed by atoms with Gasteiger partial charge in [0.2, 0.25) is 5.82 Å². The Labute approximate surface area is 188 Å². The van der Waals surface area contributed by atoms with Crippen LogP contribution in [0.3, 0.4) is 0 Å². The molecule has 0 amide bonds. The van der Waals surface area contributed by atoms with Gasteiger partial charge in [-0.15, -0.1) is 0 Å². The van der Waals surface area contributed by atoms with Crippen LogP contribution < -0.4 is 5.56 Å². The molecule has 0 aliphatic rings. The molecule has 3 aromatic carbocycles. The Kier molecular flexibility index (Phi) is 4.98. The lowest BCUT2D eigenvalue weighted by Crippen LogP contribution is -2.22. The van der Waals surface area contributed by atoms with Crippen molar-refractivity contribution in [1.29, 1.82) is 0 Å². The summed E-state index contributed by atoms with van der Waals surface area (Å²) in [4.78, 5) is 17.3. The number of rotatable bonds is 3. The van der Waals surface area contributed by atoms with Gasteiger partial charge in [-0.05, 0) is 42.5 Å². The lowest BCUT2D eigenvalue weighted by atomic mass is 10.1. The molecule has 5 rings (SSSR count). The lowest BCUT2D eigenvalue weighted by molar-refractivity contribution is -0.137. The molecule has 2 aromatic heterocycles. The monoisotopic (exact) mass is 468 g/mol. The number of alkyl halides is 3. The summed E-state index contributed by atoms with van der Waals surface area (Å²) in [6.45, 7) is 0. The van der Waals surface area contributed by atoms with E-state index in [0.717, 1.165) is 12.1 Å². The molecule has 0 saturated carbocycles. The Morgan fingerprint density at radius 1 is 0.909 bits per heavy atom. The number of halogens is 4. The number of aromatic nitrogens is 4. The van der Waals surface area contributed by atoms with Gasteiger partial charge in [-0.25, -0.2) is 0 Å². The molecule has 33 heavy (non-hydrogen) atoms. The van der Waals surface area contributed by atoms with Crippen LogP contribution in [0.25, 0.3) is 39.4 Å². The molecule has 0 fully saturated rings. The van der Waals surface area contributed by atoms with Crippen molar-refractivity contribution in [2.45, 2.75) is 6.18 Å². The van der Waals surface area contributed by atoms with Crippen LogP contribution in [0.5, 0.6) is 0 Å². The zero-order valence-corrected chi connectivity index (χ0v) is 17.3. The SMILES string of the molecule is O=c1c2ccccc2c(-c2nc(-c3cccc(C(F)(F)F)c3)no2)nn1-c1ccc(Cl)cc1. The van der Waals surface area contributed by atoms with E-state index >= 15 is 0 Å². The van der Waals surface area contributed by atoms with E-state index in [0.29, 0.717) is 21.5 Å². The second kappa shape index (κ2) is 7.86. The number of nitrogens with zero attached hydrogens (tertiary/aromatic N) is 4. The molecule has 0 N–H and O–H groups in total. The highest BCUT2D eigenvalue weighted by atomic mass is 35.5. The van der Waals surface area contributed by atoms with E-state index in [2.05, 4.69) is 15.2 Å². The summed E-state index contributed by atoms with van der Waals surface area (Å²) >= 11 is 5.95. The third kappa shape index (κ3) is 3.87. The quantitative estimate of drug-likeness (QED) is 0.336. The Morgan fingerprint density at radius 3 is 2.36 bits per heavy atom. The number of hydrogen-bond acceptors (Lipinski definition) is 5. The maximum Gasteiger partial charge on any atom is 0.416 e. The summed E-state index contributed by atoms with van der Waals surface area (Å²) in [6, 6.07) is 17.9. The van der Waals surface area contributed by atoms with E-state index in [-0.39, 0.29) is 28.5 Å². The molecule has 164 valence electrons. The first-order valence-electron chi connectivity index (χ1n) is 9.61. The van der Waals surface area contributed by atoms with Crippen LogP contribution in [0.2, 0.25) is 5.02 Å². The molecule has 2 heterocycles. The predicted octanol–water partition coefficient (Wildman–Crippen LogP) is 5.77. The molecule has 0 spiro atoms. The van der Waals surface area contributed by atoms with E-state index in [1.54, 1.807) is 48.5 Å². The Balaban J connectivity index is 1.67. The minimum Gasteiger partial charge on any atom is -0.332 e. The highest BCUT2D eigenvalue weighted by Gasteiger charge is 2.31. The van der Waals surface area contributed by atoms with E-state index in [9.17, 15) is 18.0 Å². The second-order valence-corrected chi connectivity index (χ2v) is 7.53. The fourth-order valence-corrected chi connectivity index (χ4v) is 3.50. The third-order valence-electron chi connectivity index (χ3n) is 4.95. The van der Waals surface area contributed by atoms with Gasteiger partial charge >= 0.3 is 6.18 Å². The average Bonchev–Trinajstić information content (AvgIpc) is 3.30. The molecule has 0 atom stereocenters. The van der Waals surface area contributed by atoms with Crippen molar-refractivity contribution >= 4 is 22.4 Å². The molecule has 6 nitrogen and oxygen atoms in total. The highest BCUT2D eigenvalue weighted by Crippen LogP contribution is 2.32. The summed E-state index contributed by atoms with van der Waals surface area (Å²) in [6.07, 6.45) is -4.51. The maximum absolute atomic E-state index is 13.1. The van der Waals surface area contributed by atoms with Crippen LogP contribution in [0, 0.1) is 0 Å². The van der Waals surface area contributed by atoms with Crippen molar-refractivity contribution in [3.05, 3.63) is 93.7 Å². The summed E-state index contributed by atoms with van der Waals surface area (Å²) in [7, 11) is 0. The first kappa shape index (κ1) is 20.9. The van der Waals surface area contributed by atoms with E-state index in [1.807, 2.05) is 0 Å². The summed E-state index contributed by atoms with van der Waals surface area (Å²) in [5.74, 6) is -0.0763.